The van der Waals surface area contributed by atoms with Gasteiger partial charge in [0.1, 0.15) is 10.4 Å². The lowest BCUT2D eigenvalue weighted by molar-refractivity contribution is -0.143. The lowest BCUT2D eigenvalue weighted by Gasteiger charge is -2.25. The van der Waals surface area contributed by atoms with E-state index in [1.807, 2.05) is 61.5 Å². The van der Waals surface area contributed by atoms with Gasteiger partial charge < -0.3 is 4.74 Å². The van der Waals surface area contributed by atoms with Gasteiger partial charge in [-0.3, -0.25) is 4.79 Å². The van der Waals surface area contributed by atoms with Crippen molar-refractivity contribution in [3.8, 4) is 6.07 Å². The molecule has 0 amide bonds. The van der Waals surface area contributed by atoms with Gasteiger partial charge in [0.15, 0.2) is 0 Å². The molecule has 3 aromatic rings. The van der Waals surface area contributed by atoms with Crippen molar-refractivity contribution in [1.82, 2.24) is 4.98 Å². The van der Waals surface area contributed by atoms with Crippen LogP contribution in [0.2, 0.25) is 0 Å². The van der Waals surface area contributed by atoms with Crippen molar-refractivity contribution >= 4 is 27.5 Å². The quantitative estimate of drug-likeness (QED) is 0.350. The summed E-state index contributed by atoms with van der Waals surface area (Å²) in [6, 6.07) is 20.5. The summed E-state index contributed by atoms with van der Waals surface area (Å²) in [6.45, 7) is 2.24. The first-order valence-corrected chi connectivity index (χ1v) is 10.5. The molecule has 1 heterocycles. The number of benzene rings is 2. The zero-order valence-electron chi connectivity index (χ0n) is 16.1. The van der Waals surface area contributed by atoms with Crippen LogP contribution in [0.4, 0.5) is 0 Å². The molecule has 0 radical (unpaired) electrons. The van der Waals surface area contributed by atoms with Gasteiger partial charge in [-0.05, 0) is 37.5 Å². The predicted octanol–water partition coefficient (Wildman–Crippen LogP) is 5.62. The second-order valence-corrected chi connectivity index (χ2v) is 7.77. The smallest absolute Gasteiger partial charge is 0.305 e. The molecule has 0 spiro atoms. The minimum atomic E-state index is -0.769. The molecule has 0 bridgehead atoms. The molecule has 144 valence electrons. The van der Waals surface area contributed by atoms with Gasteiger partial charge in [-0.1, -0.05) is 55.3 Å². The third-order valence-electron chi connectivity index (χ3n) is 4.85. The Morgan fingerprint density at radius 2 is 1.86 bits per heavy atom. The van der Waals surface area contributed by atoms with E-state index in [0.717, 1.165) is 40.1 Å². The standard InChI is InChI=1S/C23H24N2O2S/c1-2-27-21(26)15-7-4-10-16-23(17-24,18-11-5-3-6-12-18)22-25-19-13-8-9-14-20(19)28-22/h3,5-6,8-9,11-14H,2,4,7,10,15-16H2,1H3. The fourth-order valence-electron chi connectivity index (χ4n) is 3.39. The fraction of sp³-hybridized carbons (Fsp3) is 0.348. The maximum absolute atomic E-state index is 11.5. The highest BCUT2D eigenvalue weighted by Crippen LogP contribution is 2.40. The van der Waals surface area contributed by atoms with Crippen LogP contribution >= 0.6 is 11.3 Å². The summed E-state index contributed by atoms with van der Waals surface area (Å²) >= 11 is 1.59. The predicted molar refractivity (Wildman–Crippen MR) is 112 cm³/mol. The van der Waals surface area contributed by atoms with Gasteiger partial charge >= 0.3 is 5.97 Å². The monoisotopic (exact) mass is 392 g/mol. The van der Waals surface area contributed by atoms with Crippen molar-refractivity contribution in [1.29, 1.82) is 5.26 Å². The largest absolute Gasteiger partial charge is 0.466 e. The van der Waals surface area contributed by atoms with Gasteiger partial charge in [0.2, 0.25) is 0 Å². The van der Waals surface area contributed by atoms with E-state index in [1.165, 1.54) is 0 Å². The third-order valence-corrected chi connectivity index (χ3v) is 6.05. The number of ether oxygens (including phenoxy) is 1. The van der Waals surface area contributed by atoms with Crippen LogP contribution in [0.1, 0.15) is 49.6 Å². The topological polar surface area (TPSA) is 63.0 Å². The third kappa shape index (κ3) is 4.40. The summed E-state index contributed by atoms with van der Waals surface area (Å²) < 4.78 is 6.08. The number of rotatable bonds is 9. The fourth-order valence-corrected chi connectivity index (χ4v) is 4.55. The lowest BCUT2D eigenvalue weighted by atomic mass is 9.78. The molecule has 2 aromatic carbocycles. The SMILES string of the molecule is CCOC(=O)CCCCCC(C#N)(c1ccccc1)c1nc2ccccc2s1. The van der Waals surface area contributed by atoms with E-state index >= 15 is 0 Å². The van der Waals surface area contributed by atoms with Gasteiger partial charge in [-0.2, -0.15) is 5.26 Å². The summed E-state index contributed by atoms with van der Waals surface area (Å²) in [4.78, 5) is 16.3. The maximum Gasteiger partial charge on any atom is 0.305 e. The number of nitriles is 1. The molecule has 1 atom stereocenters. The van der Waals surface area contributed by atoms with Gasteiger partial charge in [0.25, 0.3) is 0 Å². The number of unbranched alkanes of at least 4 members (excludes halogenated alkanes) is 2. The van der Waals surface area contributed by atoms with Crippen molar-refractivity contribution < 1.29 is 9.53 Å². The Morgan fingerprint density at radius 1 is 1.11 bits per heavy atom. The van der Waals surface area contributed by atoms with E-state index in [-0.39, 0.29) is 5.97 Å². The molecule has 0 aliphatic rings. The number of thiazole rings is 1. The highest BCUT2D eigenvalue weighted by Gasteiger charge is 2.37. The average Bonchev–Trinajstić information content (AvgIpc) is 3.16. The number of hydrogen-bond donors (Lipinski definition) is 0. The van der Waals surface area contributed by atoms with Crippen molar-refractivity contribution in [3.63, 3.8) is 0 Å². The molecule has 3 rings (SSSR count). The molecule has 1 aromatic heterocycles. The van der Waals surface area contributed by atoms with Crippen LogP contribution in [0, 0.1) is 11.3 Å². The summed E-state index contributed by atoms with van der Waals surface area (Å²) in [5.74, 6) is -0.150. The summed E-state index contributed by atoms with van der Waals surface area (Å²) in [7, 11) is 0. The molecule has 1 unspecified atom stereocenters. The van der Waals surface area contributed by atoms with Crippen molar-refractivity contribution in [2.75, 3.05) is 6.61 Å². The minimum Gasteiger partial charge on any atom is -0.466 e. The number of carbonyl (C=O) groups is 1. The Balaban J connectivity index is 1.81. The van der Waals surface area contributed by atoms with E-state index in [4.69, 9.17) is 9.72 Å². The molecule has 4 nitrogen and oxygen atoms in total. The zero-order chi connectivity index (χ0) is 19.8. The molecule has 0 aliphatic heterocycles. The second kappa shape index (κ2) is 9.48. The Kier molecular flexibility index (Phi) is 6.78. The van der Waals surface area contributed by atoms with Gasteiger partial charge in [-0.25, -0.2) is 4.98 Å². The molecule has 0 saturated carbocycles. The molecular formula is C23H24N2O2S. The Morgan fingerprint density at radius 3 is 2.57 bits per heavy atom. The lowest BCUT2D eigenvalue weighted by Crippen LogP contribution is -2.25. The number of esters is 1. The van der Waals surface area contributed by atoms with Crippen LogP contribution in [0.25, 0.3) is 10.2 Å². The van der Waals surface area contributed by atoms with Crippen LogP contribution in [0.15, 0.2) is 54.6 Å². The average molecular weight is 393 g/mol. The Bertz CT molecular complexity index is 928. The summed E-state index contributed by atoms with van der Waals surface area (Å²) in [6.07, 6.45) is 3.60. The van der Waals surface area contributed by atoms with Crippen molar-refractivity contribution in [3.05, 3.63) is 65.2 Å². The van der Waals surface area contributed by atoms with E-state index < -0.39 is 5.41 Å². The molecule has 0 aliphatic carbocycles. The van der Waals surface area contributed by atoms with Gasteiger partial charge in [-0.15, -0.1) is 11.3 Å². The van der Waals surface area contributed by atoms with E-state index in [1.54, 1.807) is 11.3 Å². The van der Waals surface area contributed by atoms with Crippen LogP contribution in [-0.2, 0) is 14.9 Å². The first-order chi connectivity index (χ1) is 13.7. The molecule has 0 fully saturated rings. The Labute approximate surface area is 169 Å². The van der Waals surface area contributed by atoms with Crippen LogP contribution in [0.5, 0.6) is 0 Å². The van der Waals surface area contributed by atoms with Crippen molar-refractivity contribution in [2.24, 2.45) is 0 Å². The molecule has 5 heteroatoms. The number of para-hydroxylation sites is 1. The number of hydrogen-bond acceptors (Lipinski definition) is 5. The van der Waals surface area contributed by atoms with E-state index in [2.05, 4.69) is 6.07 Å². The molecule has 0 saturated heterocycles. The summed E-state index contributed by atoms with van der Waals surface area (Å²) in [5.41, 5.74) is 1.14. The first kappa shape index (κ1) is 20.0. The number of nitrogens with zero attached hydrogens (tertiary/aromatic N) is 2. The number of fused-ring (bicyclic) bond motifs is 1. The molecule has 0 N–H and O–H groups in total. The maximum atomic E-state index is 11.5. The van der Waals surface area contributed by atoms with Gasteiger partial charge in [0.05, 0.1) is 22.9 Å². The van der Waals surface area contributed by atoms with Gasteiger partial charge in [0, 0.05) is 6.42 Å². The van der Waals surface area contributed by atoms with Crippen LogP contribution in [0.3, 0.4) is 0 Å². The summed E-state index contributed by atoms with van der Waals surface area (Å²) in [5, 5.41) is 11.1. The van der Waals surface area contributed by atoms with E-state index in [9.17, 15) is 10.1 Å². The molecular weight excluding hydrogens is 368 g/mol. The number of aromatic nitrogens is 1. The zero-order valence-corrected chi connectivity index (χ0v) is 16.9. The highest BCUT2D eigenvalue weighted by molar-refractivity contribution is 7.18. The first-order valence-electron chi connectivity index (χ1n) is 9.68. The van der Waals surface area contributed by atoms with Crippen LogP contribution in [-0.4, -0.2) is 17.6 Å². The van der Waals surface area contributed by atoms with Crippen LogP contribution < -0.4 is 0 Å². The Hall–Kier alpha value is -2.71. The number of carbonyl (C=O) groups excluding carboxylic acids is 1. The normalized spacial score (nSPS) is 13.0. The van der Waals surface area contributed by atoms with E-state index in [0.29, 0.717) is 19.4 Å². The second-order valence-electron chi connectivity index (χ2n) is 6.74. The highest BCUT2D eigenvalue weighted by atomic mass is 32.1. The molecule has 28 heavy (non-hydrogen) atoms. The van der Waals surface area contributed by atoms with Crippen molar-refractivity contribution in [2.45, 2.75) is 44.4 Å². The minimum absolute atomic E-state index is 0.150.